The van der Waals surface area contributed by atoms with E-state index in [9.17, 15) is 18.9 Å². The smallest absolute Gasteiger partial charge is 0.276 e. The quantitative estimate of drug-likeness (QED) is 0.559. The highest BCUT2D eigenvalue weighted by molar-refractivity contribution is 5.35. The summed E-state index contributed by atoms with van der Waals surface area (Å²) in [4.78, 5) is 14.0. The fraction of sp³-hybridized carbons (Fsp3) is 0.250. The summed E-state index contributed by atoms with van der Waals surface area (Å²) in [5.74, 6) is -3.60. The van der Waals surface area contributed by atoms with E-state index in [0.717, 1.165) is 12.1 Å². The summed E-state index contributed by atoms with van der Waals surface area (Å²) in [6.45, 7) is 0.648. The minimum Gasteiger partial charge on any atom is -0.276 e. The van der Waals surface area contributed by atoms with Crippen LogP contribution in [0.5, 0.6) is 5.75 Å². The van der Waals surface area contributed by atoms with E-state index < -0.39 is 22.3 Å². The Balaban J connectivity index is 3.10. The van der Waals surface area contributed by atoms with Crippen molar-refractivity contribution in [3.8, 4) is 5.75 Å². The molecule has 4 nitrogen and oxygen atoms in total. The average molecular weight is 203 g/mol. The van der Waals surface area contributed by atoms with Crippen molar-refractivity contribution in [2.24, 2.45) is 0 Å². The lowest BCUT2D eigenvalue weighted by Gasteiger charge is -2.13. The minimum atomic E-state index is -3.16. The van der Waals surface area contributed by atoms with Crippen molar-refractivity contribution in [2.75, 3.05) is 0 Å². The predicted octanol–water partition coefficient (Wildman–Crippen LogP) is 2.37. The van der Waals surface area contributed by atoms with E-state index in [1.165, 1.54) is 12.1 Å². The lowest BCUT2D eigenvalue weighted by atomic mass is 10.1. The fourth-order valence-corrected chi connectivity index (χ4v) is 0.989. The number of hydrogen-bond acceptors (Lipinski definition) is 3. The van der Waals surface area contributed by atoms with E-state index in [0.29, 0.717) is 6.92 Å². The van der Waals surface area contributed by atoms with E-state index in [4.69, 9.17) is 0 Å². The maximum absolute atomic E-state index is 12.9. The number of alkyl halides is 2. The van der Waals surface area contributed by atoms with Crippen LogP contribution in [-0.2, 0) is 5.92 Å². The molecule has 14 heavy (non-hydrogen) atoms. The summed E-state index contributed by atoms with van der Waals surface area (Å²) in [5.41, 5.74) is -0.503. The number of halogens is 2. The van der Waals surface area contributed by atoms with Crippen LogP contribution in [0.15, 0.2) is 24.3 Å². The summed E-state index contributed by atoms with van der Waals surface area (Å²) in [5, 5.41) is 8.87. The maximum atomic E-state index is 12.9. The van der Waals surface area contributed by atoms with Crippen LogP contribution >= 0.6 is 0 Å². The SMILES string of the molecule is CC(F)(F)c1ccccc1O[N+](=O)[O-]. The molecule has 0 aliphatic carbocycles. The first kappa shape index (κ1) is 10.4. The zero-order valence-electron chi connectivity index (χ0n) is 7.24. The fourth-order valence-electron chi connectivity index (χ4n) is 0.989. The van der Waals surface area contributed by atoms with Gasteiger partial charge in [-0.15, -0.1) is 10.1 Å². The molecule has 1 aromatic rings. The van der Waals surface area contributed by atoms with Crippen molar-refractivity contribution in [1.29, 1.82) is 0 Å². The molecular formula is C8H7F2NO3. The van der Waals surface area contributed by atoms with Gasteiger partial charge in [-0.3, -0.25) is 4.84 Å². The van der Waals surface area contributed by atoms with Gasteiger partial charge in [-0.1, -0.05) is 18.2 Å². The Bertz CT molecular complexity index is 349. The summed E-state index contributed by atoms with van der Waals surface area (Å²) >= 11 is 0. The molecule has 1 rings (SSSR count). The minimum absolute atomic E-state index is 0.440. The largest absolute Gasteiger partial charge is 0.299 e. The van der Waals surface area contributed by atoms with Gasteiger partial charge in [0.1, 0.15) is 5.75 Å². The molecule has 6 heteroatoms. The van der Waals surface area contributed by atoms with Gasteiger partial charge < -0.3 is 0 Å². The molecule has 0 aliphatic rings. The lowest BCUT2D eigenvalue weighted by Crippen LogP contribution is -2.12. The Kier molecular flexibility index (Phi) is 2.64. The molecule has 0 heterocycles. The highest BCUT2D eigenvalue weighted by atomic mass is 19.3. The first-order valence-corrected chi connectivity index (χ1v) is 3.71. The van der Waals surface area contributed by atoms with E-state index in [1.807, 2.05) is 0 Å². The van der Waals surface area contributed by atoms with Gasteiger partial charge in [0, 0.05) is 6.92 Å². The molecule has 0 atom stereocenters. The molecule has 76 valence electrons. The number of rotatable bonds is 3. The second-order valence-corrected chi connectivity index (χ2v) is 2.70. The van der Waals surface area contributed by atoms with Crippen molar-refractivity contribution in [3.05, 3.63) is 39.9 Å². The third-order valence-corrected chi connectivity index (χ3v) is 1.53. The highest BCUT2D eigenvalue weighted by Crippen LogP contribution is 2.33. The molecule has 0 saturated carbocycles. The van der Waals surface area contributed by atoms with Gasteiger partial charge in [0.05, 0.1) is 5.56 Å². The van der Waals surface area contributed by atoms with Crippen LogP contribution in [0.3, 0.4) is 0 Å². The molecular weight excluding hydrogens is 196 g/mol. The summed E-state index contributed by atoms with van der Waals surface area (Å²) in [7, 11) is 0. The van der Waals surface area contributed by atoms with Gasteiger partial charge in [0.2, 0.25) is 0 Å². The standard InChI is InChI=1S/C8H7F2NO3/c1-8(9,10)6-4-2-3-5-7(6)14-11(12)13/h2-5H,1H3. The van der Waals surface area contributed by atoms with Crippen LogP contribution in [-0.4, -0.2) is 5.09 Å². The zero-order chi connectivity index (χ0) is 10.8. The van der Waals surface area contributed by atoms with Gasteiger partial charge in [-0.2, -0.15) is 0 Å². The van der Waals surface area contributed by atoms with Crippen LogP contribution in [0, 0.1) is 10.1 Å². The Labute approximate surface area is 78.2 Å². The number of benzene rings is 1. The average Bonchev–Trinajstić information content (AvgIpc) is 2.01. The maximum Gasteiger partial charge on any atom is 0.299 e. The van der Waals surface area contributed by atoms with E-state index >= 15 is 0 Å². The zero-order valence-corrected chi connectivity index (χ0v) is 7.24. The first-order chi connectivity index (χ1) is 6.41. The Hall–Kier alpha value is -1.72. The second-order valence-electron chi connectivity index (χ2n) is 2.70. The molecule has 0 bridgehead atoms. The molecule has 0 amide bonds. The molecule has 0 saturated heterocycles. The molecule has 0 unspecified atom stereocenters. The van der Waals surface area contributed by atoms with E-state index in [2.05, 4.69) is 4.84 Å². The third-order valence-electron chi connectivity index (χ3n) is 1.53. The van der Waals surface area contributed by atoms with Gasteiger partial charge >= 0.3 is 0 Å². The van der Waals surface area contributed by atoms with Gasteiger partial charge in [0.25, 0.3) is 11.0 Å². The summed E-state index contributed by atoms with van der Waals surface area (Å²) in [6.07, 6.45) is 0. The van der Waals surface area contributed by atoms with Gasteiger partial charge in [0.15, 0.2) is 0 Å². The van der Waals surface area contributed by atoms with Crippen molar-refractivity contribution < 1.29 is 18.7 Å². The Morgan fingerprint density at radius 1 is 1.43 bits per heavy atom. The highest BCUT2D eigenvalue weighted by Gasteiger charge is 2.28. The van der Waals surface area contributed by atoms with Crippen LogP contribution < -0.4 is 4.84 Å². The molecule has 0 fully saturated rings. The number of para-hydroxylation sites is 1. The third kappa shape index (κ3) is 2.38. The van der Waals surface area contributed by atoms with Crippen molar-refractivity contribution in [1.82, 2.24) is 0 Å². The normalized spacial score (nSPS) is 11.1. The monoisotopic (exact) mass is 203 g/mol. The van der Waals surface area contributed by atoms with Crippen LogP contribution in [0.4, 0.5) is 8.78 Å². The van der Waals surface area contributed by atoms with Gasteiger partial charge in [-0.05, 0) is 6.07 Å². The van der Waals surface area contributed by atoms with E-state index in [1.54, 1.807) is 0 Å². The molecule has 0 radical (unpaired) electrons. The second kappa shape index (κ2) is 3.57. The predicted molar refractivity (Wildman–Crippen MR) is 43.6 cm³/mol. The molecule has 0 aliphatic heterocycles. The van der Waals surface area contributed by atoms with Crippen molar-refractivity contribution in [2.45, 2.75) is 12.8 Å². The lowest BCUT2D eigenvalue weighted by molar-refractivity contribution is -0.711. The molecule has 1 aromatic carbocycles. The van der Waals surface area contributed by atoms with Crippen LogP contribution in [0.2, 0.25) is 0 Å². The molecule has 0 spiro atoms. The number of hydrogen-bond donors (Lipinski definition) is 0. The summed E-state index contributed by atoms with van der Waals surface area (Å²) in [6, 6.07) is 4.95. The molecule has 0 aromatic heterocycles. The van der Waals surface area contributed by atoms with Crippen molar-refractivity contribution in [3.63, 3.8) is 0 Å². The topological polar surface area (TPSA) is 52.4 Å². The van der Waals surface area contributed by atoms with Crippen LogP contribution in [0.25, 0.3) is 0 Å². The summed E-state index contributed by atoms with van der Waals surface area (Å²) < 4.78 is 25.7. The first-order valence-electron chi connectivity index (χ1n) is 3.71. The van der Waals surface area contributed by atoms with Crippen molar-refractivity contribution >= 4 is 0 Å². The van der Waals surface area contributed by atoms with Gasteiger partial charge in [-0.25, -0.2) is 8.78 Å². The molecule has 0 N–H and O–H groups in total. The Morgan fingerprint density at radius 3 is 2.50 bits per heavy atom. The number of nitrogens with zero attached hydrogens (tertiary/aromatic N) is 1. The Morgan fingerprint density at radius 2 is 2.00 bits per heavy atom. The van der Waals surface area contributed by atoms with E-state index in [-0.39, 0.29) is 0 Å². The van der Waals surface area contributed by atoms with Crippen LogP contribution in [0.1, 0.15) is 12.5 Å².